The van der Waals surface area contributed by atoms with E-state index in [9.17, 15) is 13.2 Å². The van der Waals surface area contributed by atoms with Gasteiger partial charge in [-0.3, -0.25) is 0 Å². The molecular weight excluding hydrogens is 321 g/mol. The van der Waals surface area contributed by atoms with Gasteiger partial charge >= 0.3 is 6.18 Å². The van der Waals surface area contributed by atoms with Gasteiger partial charge < -0.3 is 9.94 Å². The standard InChI is InChI=1S/C14H10ClF3N2O2/c1-8(20-21)9-2-4-11(5-3-9)22-13-12(15)6-10(7-19-13)14(16,17)18/h2-7,21H,1H3/b20-8+. The highest BCUT2D eigenvalue weighted by Crippen LogP contribution is 2.34. The van der Waals surface area contributed by atoms with E-state index in [-0.39, 0.29) is 10.9 Å². The third kappa shape index (κ3) is 3.67. The van der Waals surface area contributed by atoms with Crippen molar-refractivity contribution in [1.29, 1.82) is 0 Å². The normalized spacial score (nSPS) is 12.3. The maximum absolute atomic E-state index is 12.5. The van der Waals surface area contributed by atoms with Crippen molar-refractivity contribution in [3.05, 3.63) is 52.7 Å². The molecule has 0 saturated heterocycles. The summed E-state index contributed by atoms with van der Waals surface area (Å²) in [6.45, 7) is 1.62. The number of halogens is 4. The molecule has 0 aliphatic heterocycles. The van der Waals surface area contributed by atoms with E-state index >= 15 is 0 Å². The average molecular weight is 331 g/mol. The smallest absolute Gasteiger partial charge is 0.417 e. The van der Waals surface area contributed by atoms with Crippen molar-refractivity contribution in [2.45, 2.75) is 13.1 Å². The third-order valence-electron chi connectivity index (χ3n) is 2.77. The molecule has 8 heteroatoms. The summed E-state index contributed by atoms with van der Waals surface area (Å²) in [6, 6.07) is 7.12. The Morgan fingerprint density at radius 3 is 2.41 bits per heavy atom. The minimum atomic E-state index is -4.52. The topological polar surface area (TPSA) is 54.7 Å². The Labute approximate surface area is 128 Å². The molecule has 0 unspecified atom stereocenters. The lowest BCUT2D eigenvalue weighted by Gasteiger charge is -2.10. The van der Waals surface area contributed by atoms with E-state index in [4.69, 9.17) is 21.5 Å². The summed E-state index contributed by atoms with van der Waals surface area (Å²) in [5.74, 6) is 0.207. The Morgan fingerprint density at radius 1 is 1.27 bits per heavy atom. The summed E-state index contributed by atoms with van der Waals surface area (Å²) < 4.78 is 42.9. The van der Waals surface area contributed by atoms with Gasteiger partial charge in [0.2, 0.25) is 5.88 Å². The van der Waals surface area contributed by atoms with Crippen LogP contribution in [0.25, 0.3) is 0 Å². The van der Waals surface area contributed by atoms with E-state index in [0.717, 1.165) is 6.07 Å². The fourth-order valence-electron chi connectivity index (χ4n) is 1.59. The van der Waals surface area contributed by atoms with Gasteiger partial charge in [-0.05, 0) is 42.8 Å². The second kappa shape index (κ2) is 6.23. The van der Waals surface area contributed by atoms with Crippen molar-refractivity contribution < 1.29 is 23.1 Å². The first-order chi connectivity index (χ1) is 10.3. The molecule has 0 aliphatic rings. The predicted molar refractivity (Wildman–Crippen MR) is 74.8 cm³/mol. The van der Waals surface area contributed by atoms with Gasteiger partial charge in [0, 0.05) is 6.20 Å². The molecule has 116 valence electrons. The number of rotatable bonds is 3. The van der Waals surface area contributed by atoms with Crippen LogP contribution < -0.4 is 4.74 Å². The molecule has 4 nitrogen and oxygen atoms in total. The van der Waals surface area contributed by atoms with Crippen LogP contribution in [0.2, 0.25) is 5.02 Å². The van der Waals surface area contributed by atoms with Crippen molar-refractivity contribution in [3.63, 3.8) is 0 Å². The van der Waals surface area contributed by atoms with E-state index in [1.807, 2.05) is 0 Å². The molecule has 0 amide bonds. The maximum Gasteiger partial charge on any atom is 0.417 e. The first-order valence-electron chi connectivity index (χ1n) is 6.01. The summed E-state index contributed by atoms with van der Waals surface area (Å²) >= 11 is 5.75. The number of pyridine rings is 1. The molecule has 0 spiro atoms. The average Bonchev–Trinajstić information content (AvgIpc) is 2.48. The molecule has 2 rings (SSSR count). The molecule has 1 aromatic heterocycles. The second-order valence-corrected chi connectivity index (χ2v) is 4.73. The molecule has 1 N–H and O–H groups in total. The van der Waals surface area contributed by atoms with Crippen molar-refractivity contribution in [2.24, 2.45) is 5.16 Å². The van der Waals surface area contributed by atoms with Gasteiger partial charge in [-0.25, -0.2) is 4.98 Å². The molecule has 0 radical (unpaired) electrons. The number of ether oxygens (including phenoxy) is 1. The Bertz CT molecular complexity index is 700. The Morgan fingerprint density at radius 2 is 1.91 bits per heavy atom. The molecule has 0 atom stereocenters. The largest absolute Gasteiger partial charge is 0.438 e. The molecular formula is C14H10ClF3N2O2. The van der Waals surface area contributed by atoms with Gasteiger partial charge in [0.1, 0.15) is 10.8 Å². The Balaban J connectivity index is 2.21. The molecule has 0 aliphatic carbocycles. The zero-order chi connectivity index (χ0) is 16.3. The zero-order valence-corrected chi connectivity index (χ0v) is 12.0. The monoisotopic (exact) mass is 330 g/mol. The van der Waals surface area contributed by atoms with E-state index in [1.54, 1.807) is 31.2 Å². The van der Waals surface area contributed by atoms with Crippen LogP contribution in [0.3, 0.4) is 0 Å². The van der Waals surface area contributed by atoms with Gasteiger partial charge in [-0.1, -0.05) is 16.8 Å². The molecule has 0 fully saturated rings. The van der Waals surface area contributed by atoms with Crippen LogP contribution in [0.5, 0.6) is 11.6 Å². The lowest BCUT2D eigenvalue weighted by atomic mass is 10.1. The third-order valence-corrected chi connectivity index (χ3v) is 3.04. The fraction of sp³-hybridized carbons (Fsp3) is 0.143. The molecule has 0 bridgehead atoms. The van der Waals surface area contributed by atoms with Gasteiger partial charge in [0.25, 0.3) is 0 Å². The quantitative estimate of drug-likeness (QED) is 0.502. The van der Waals surface area contributed by atoms with Crippen molar-refractivity contribution in [2.75, 3.05) is 0 Å². The Kier molecular flexibility index (Phi) is 4.56. The minimum Gasteiger partial charge on any atom is -0.438 e. The predicted octanol–water partition coefficient (Wildman–Crippen LogP) is 4.74. The zero-order valence-electron chi connectivity index (χ0n) is 11.2. The Hall–Kier alpha value is -2.28. The highest BCUT2D eigenvalue weighted by Gasteiger charge is 2.31. The number of hydrogen-bond donors (Lipinski definition) is 1. The van der Waals surface area contributed by atoms with E-state index in [1.165, 1.54) is 0 Å². The number of benzene rings is 1. The van der Waals surface area contributed by atoms with E-state index in [2.05, 4.69) is 10.1 Å². The van der Waals surface area contributed by atoms with Crippen molar-refractivity contribution in [1.82, 2.24) is 4.98 Å². The highest BCUT2D eigenvalue weighted by molar-refractivity contribution is 6.31. The molecule has 1 aromatic carbocycles. The number of alkyl halides is 3. The van der Waals surface area contributed by atoms with Crippen LogP contribution in [-0.2, 0) is 6.18 Å². The molecule has 22 heavy (non-hydrogen) atoms. The van der Waals surface area contributed by atoms with Crippen LogP contribution in [0, 0.1) is 0 Å². The van der Waals surface area contributed by atoms with E-state index < -0.39 is 11.7 Å². The van der Waals surface area contributed by atoms with Gasteiger partial charge in [0.15, 0.2) is 0 Å². The van der Waals surface area contributed by atoms with Crippen molar-refractivity contribution >= 4 is 17.3 Å². The second-order valence-electron chi connectivity index (χ2n) is 4.32. The highest BCUT2D eigenvalue weighted by atomic mass is 35.5. The summed E-state index contributed by atoms with van der Waals surface area (Å²) in [5, 5.41) is 11.5. The lowest BCUT2D eigenvalue weighted by molar-refractivity contribution is -0.137. The van der Waals surface area contributed by atoms with Gasteiger partial charge in [0.05, 0.1) is 11.3 Å². The SMILES string of the molecule is C/C(=N\O)c1ccc(Oc2ncc(C(F)(F)F)cc2Cl)cc1. The molecule has 2 aromatic rings. The lowest BCUT2D eigenvalue weighted by Crippen LogP contribution is -2.05. The summed E-state index contributed by atoms with van der Waals surface area (Å²) in [6.07, 6.45) is -3.86. The van der Waals surface area contributed by atoms with Crippen LogP contribution in [0.1, 0.15) is 18.1 Å². The van der Waals surface area contributed by atoms with Gasteiger partial charge in [-0.2, -0.15) is 13.2 Å². The van der Waals surface area contributed by atoms with E-state index in [0.29, 0.717) is 23.2 Å². The fourth-order valence-corrected chi connectivity index (χ4v) is 1.79. The summed E-state index contributed by atoms with van der Waals surface area (Å²) in [7, 11) is 0. The van der Waals surface area contributed by atoms with Gasteiger partial charge in [-0.15, -0.1) is 0 Å². The summed E-state index contributed by atoms with van der Waals surface area (Å²) in [5.41, 5.74) is 0.133. The van der Waals surface area contributed by atoms with Crippen LogP contribution in [0.4, 0.5) is 13.2 Å². The summed E-state index contributed by atoms with van der Waals surface area (Å²) in [4.78, 5) is 3.58. The van der Waals surface area contributed by atoms with Crippen LogP contribution >= 0.6 is 11.6 Å². The number of oxime groups is 1. The maximum atomic E-state index is 12.5. The number of nitrogens with zero attached hydrogens (tertiary/aromatic N) is 2. The first kappa shape index (κ1) is 16.1. The number of hydrogen-bond acceptors (Lipinski definition) is 4. The molecule has 1 heterocycles. The first-order valence-corrected chi connectivity index (χ1v) is 6.38. The van der Waals surface area contributed by atoms with Crippen LogP contribution in [0.15, 0.2) is 41.7 Å². The van der Waals surface area contributed by atoms with Crippen molar-refractivity contribution in [3.8, 4) is 11.6 Å². The van der Waals surface area contributed by atoms with Crippen LogP contribution in [-0.4, -0.2) is 15.9 Å². The minimum absolute atomic E-state index is 0.130. The molecule has 0 saturated carbocycles. The number of aromatic nitrogens is 1.